The van der Waals surface area contributed by atoms with Crippen molar-refractivity contribution in [2.24, 2.45) is 0 Å². The maximum absolute atomic E-state index is 3.77. The minimum atomic E-state index is 1.13. The third kappa shape index (κ3) is 1.87. The van der Waals surface area contributed by atoms with E-state index in [-0.39, 0.29) is 0 Å². The number of hydrogen-bond donors (Lipinski definition) is 0. The molecule has 1 nitrogen and oxygen atoms in total. The summed E-state index contributed by atoms with van der Waals surface area (Å²) < 4.78 is 3.48. The second-order valence-corrected chi connectivity index (χ2v) is 6.84. The molecule has 5 rings (SSSR count). The Hall–Kier alpha value is -2.58. The fraction of sp³-hybridized carbons (Fsp3) is 0. The summed E-state index contributed by atoms with van der Waals surface area (Å²) in [5.74, 6) is 0. The lowest BCUT2D eigenvalue weighted by Gasteiger charge is -2.09. The third-order valence-electron chi connectivity index (χ3n) is 4.64. The van der Waals surface area contributed by atoms with E-state index < -0.39 is 0 Å². The van der Waals surface area contributed by atoms with Gasteiger partial charge in [-0.15, -0.1) is 0 Å². The molecule has 0 bridgehead atoms. The van der Waals surface area contributed by atoms with Crippen molar-refractivity contribution in [3.63, 3.8) is 0 Å². The standard InChI is InChI=1S/C22H14BrN/c23-19-14-21-22(17-11-5-4-10-16(17)19)18-12-6-7-13-20(18)24(21)15-8-2-1-3-9-15/h1-14H. The monoisotopic (exact) mass is 371 g/mol. The van der Waals surface area contributed by atoms with Gasteiger partial charge in [0.05, 0.1) is 11.0 Å². The van der Waals surface area contributed by atoms with Crippen LogP contribution < -0.4 is 0 Å². The van der Waals surface area contributed by atoms with E-state index in [1.165, 1.54) is 38.3 Å². The van der Waals surface area contributed by atoms with Gasteiger partial charge in [-0.2, -0.15) is 0 Å². The summed E-state index contributed by atoms with van der Waals surface area (Å²) in [6, 6.07) is 30.0. The molecule has 2 heteroatoms. The molecule has 4 aromatic carbocycles. The summed E-state index contributed by atoms with van der Waals surface area (Å²) >= 11 is 3.77. The predicted octanol–water partition coefficient (Wildman–Crippen LogP) is 6.70. The zero-order valence-electron chi connectivity index (χ0n) is 12.9. The molecule has 0 radical (unpaired) electrons. The van der Waals surface area contributed by atoms with Gasteiger partial charge >= 0.3 is 0 Å². The van der Waals surface area contributed by atoms with Gasteiger partial charge in [-0.3, -0.25) is 0 Å². The van der Waals surface area contributed by atoms with Crippen molar-refractivity contribution in [1.29, 1.82) is 0 Å². The second-order valence-electron chi connectivity index (χ2n) is 5.99. The normalized spacial score (nSPS) is 11.5. The molecule has 0 saturated heterocycles. The van der Waals surface area contributed by atoms with Gasteiger partial charge in [0.1, 0.15) is 0 Å². The van der Waals surface area contributed by atoms with Gasteiger partial charge in [-0.05, 0) is 35.0 Å². The molecule has 0 atom stereocenters. The van der Waals surface area contributed by atoms with Crippen molar-refractivity contribution >= 4 is 48.5 Å². The van der Waals surface area contributed by atoms with Crippen LogP contribution in [0, 0.1) is 0 Å². The number of para-hydroxylation sites is 2. The Kier molecular flexibility index (Phi) is 3.00. The van der Waals surface area contributed by atoms with Crippen LogP contribution in [0.4, 0.5) is 0 Å². The minimum absolute atomic E-state index is 1.13. The topological polar surface area (TPSA) is 4.93 Å². The van der Waals surface area contributed by atoms with E-state index in [2.05, 4.69) is 105 Å². The second kappa shape index (κ2) is 5.22. The van der Waals surface area contributed by atoms with Crippen LogP contribution in [0.5, 0.6) is 0 Å². The summed E-state index contributed by atoms with van der Waals surface area (Å²) in [4.78, 5) is 0. The SMILES string of the molecule is Brc1cc2c(c3ccccc13)c1ccccc1n2-c1ccccc1. The number of fused-ring (bicyclic) bond motifs is 5. The summed E-state index contributed by atoms with van der Waals surface area (Å²) in [5, 5.41) is 5.14. The number of hydrogen-bond acceptors (Lipinski definition) is 0. The van der Waals surface area contributed by atoms with Crippen LogP contribution in [-0.4, -0.2) is 4.57 Å². The highest BCUT2D eigenvalue weighted by Crippen LogP contribution is 2.39. The molecule has 0 unspecified atom stereocenters. The van der Waals surface area contributed by atoms with Gasteiger partial charge in [0.2, 0.25) is 0 Å². The van der Waals surface area contributed by atoms with Gasteiger partial charge in [-0.25, -0.2) is 0 Å². The molecule has 0 saturated carbocycles. The van der Waals surface area contributed by atoms with E-state index in [9.17, 15) is 0 Å². The van der Waals surface area contributed by atoms with E-state index in [1.807, 2.05) is 0 Å². The van der Waals surface area contributed by atoms with Gasteiger partial charge in [0.25, 0.3) is 0 Å². The average molecular weight is 372 g/mol. The van der Waals surface area contributed by atoms with Gasteiger partial charge in [-0.1, -0.05) is 76.6 Å². The molecule has 0 fully saturated rings. The Balaban J connectivity index is 2.10. The summed E-state index contributed by atoms with van der Waals surface area (Å²) in [5.41, 5.74) is 3.65. The average Bonchev–Trinajstić information content (AvgIpc) is 2.97. The zero-order valence-corrected chi connectivity index (χ0v) is 14.5. The molecule has 1 aromatic heterocycles. The lowest BCUT2D eigenvalue weighted by molar-refractivity contribution is 1.18. The fourth-order valence-corrected chi connectivity index (χ4v) is 4.20. The highest BCUT2D eigenvalue weighted by Gasteiger charge is 2.15. The first-order chi connectivity index (χ1) is 11.8. The first-order valence-corrected chi connectivity index (χ1v) is 8.80. The maximum Gasteiger partial charge on any atom is 0.0558 e. The Morgan fingerprint density at radius 2 is 1.21 bits per heavy atom. The van der Waals surface area contributed by atoms with Crippen LogP contribution in [0.2, 0.25) is 0 Å². The van der Waals surface area contributed by atoms with Crippen molar-refractivity contribution < 1.29 is 0 Å². The van der Waals surface area contributed by atoms with Crippen molar-refractivity contribution in [2.75, 3.05) is 0 Å². The smallest absolute Gasteiger partial charge is 0.0558 e. The molecule has 24 heavy (non-hydrogen) atoms. The van der Waals surface area contributed by atoms with Crippen molar-refractivity contribution in [2.45, 2.75) is 0 Å². The minimum Gasteiger partial charge on any atom is -0.309 e. The van der Waals surface area contributed by atoms with Crippen molar-refractivity contribution in [3.05, 3.63) is 89.4 Å². The quantitative estimate of drug-likeness (QED) is 0.309. The molecule has 0 spiro atoms. The third-order valence-corrected chi connectivity index (χ3v) is 5.30. The Bertz CT molecular complexity index is 1200. The maximum atomic E-state index is 3.77. The van der Waals surface area contributed by atoms with Crippen LogP contribution in [0.3, 0.4) is 0 Å². The number of halogens is 1. The number of aromatic nitrogens is 1. The van der Waals surface area contributed by atoms with Gasteiger partial charge < -0.3 is 4.57 Å². The molecule has 0 aliphatic heterocycles. The number of benzene rings is 4. The van der Waals surface area contributed by atoms with E-state index in [1.54, 1.807) is 0 Å². The summed E-state index contributed by atoms with van der Waals surface area (Å²) in [6.07, 6.45) is 0. The van der Waals surface area contributed by atoms with Crippen LogP contribution >= 0.6 is 15.9 Å². The molecule has 0 amide bonds. The predicted molar refractivity (Wildman–Crippen MR) is 106 cm³/mol. The van der Waals surface area contributed by atoms with Gasteiger partial charge in [0.15, 0.2) is 0 Å². The molecule has 0 aliphatic carbocycles. The van der Waals surface area contributed by atoms with E-state index in [0.717, 1.165) is 4.47 Å². The van der Waals surface area contributed by atoms with Crippen LogP contribution in [-0.2, 0) is 0 Å². The first-order valence-electron chi connectivity index (χ1n) is 8.00. The van der Waals surface area contributed by atoms with E-state index >= 15 is 0 Å². The molecule has 1 heterocycles. The molecule has 0 aliphatic rings. The zero-order chi connectivity index (χ0) is 16.1. The highest BCUT2D eigenvalue weighted by atomic mass is 79.9. The summed E-state index contributed by atoms with van der Waals surface area (Å²) in [7, 11) is 0. The fourth-order valence-electron chi connectivity index (χ4n) is 3.64. The van der Waals surface area contributed by atoms with Crippen molar-refractivity contribution in [1.82, 2.24) is 4.57 Å². The highest BCUT2D eigenvalue weighted by molar-refractivity contribution is 9.10. The Morgan fingerprint density at radius 1 is 0.583 bits per heavy atom. The van der Waals surface area contributed by atoms with Crippen LogP contribution in [0.25, 0.3) is 38.3 Å². The van der Waals surface area contributed by atoms with Crippen LogP contribution in [0.15, 0.2) is 89.4 Å². The Morgan fingerprint density at radius 3 is 2.00 bits per heavy atom. The van der Waals surface area contributed by atoms with Gasteiger partial charge in [0, 0.05) is 20.9 Å². The number of rotatable bonds is 1. The molecule has 114 valence electrons. The molecule has 0 N–H and O–H groups in total. The van der Waals surface area contributed by atoms with E-state index in [0.29, 0.717) is 0 Å². The first kappa shape index (κ1) is 13.8. The lowest BCUT2D eigenvalue weighted by Crippen LogP contribution is -1.93. The largest absolute Gasteiger partial charge is 0.309 e. The van der Waals surface area contributed by atoms with Crippen LogP contribution in [0.1, 0.15) is 0 Å². The molecular formula is C22H14BrN. The molecular weight excluding hydrogens is 358 g/mol. The lowest BCUT2D eigenvalue weighted by atomic mass is 10.0. The van der Waals surface area contributed by atoms with E-state index in [4.69, 9.17) is 0 Å². The Labute approximate surface area is 148 Å². The van der Waals surface area contributed by atoms with Crippen molar-refractivity contribution in [3.8, 4) is 5.69 Å². The summed E-state index contributed by atoms with van der Waals surface area (Å²) in [6.45, 7) is 0. The molecule has 5 aromatic rings. The number of nitrogens with zero attached hydrogens (tertiary/aromatic N) is 1.